The summed E-state index contributed by atoms with van der Waals surface area (Å²) in [5.41, 5.74) is 6.68. The highest BCUT2D eigenvalue weighted by atomic mass is 15.4. The summed E-state index contributed by atoms with van der Waals surface area (Å²) >= 11 is 0. The molecule has 0 spiro atoms. The van der Waals surface area contributed by atoms with Crippen LogP contribution >= 0.6 is 0 Å². The molecule has 4 heteroatoms. The van der Waals surface area contributed by atoms with Gasteiger partial charge in [0.25, 0.3) is 0 Å². The molecule has 0 aliphatic heterocycles. The van der Waals surface area contributed by atoms with Crippen LogP contribution in [0.2, 0.25) is 0 Å². The molecular weight excluding hydrogens is 200 g/mol. The molecule has 0 radical (unpaired) electrons. The van der Waals surface area contributed by atoms with E-state index in [-0.39, 0.29) is 6.04 Å². The molecule has 1 aromatic rings. The standard InChI is InChI=1S/C12H22N4/c1-8-4-5-11(6-9(8)2)16-7-12(10(3)13)14-15-16/h7-11H,4-6,13H2,1-3H3. The number of hydrogen-bond donors (Lipinski definition) is 1. The summed E-state index contributed by atoms with van der Waals surface area (Å²) in [5.74, 6) is 1.62. The van der Waals surface area contributed by atoms with Crippen LogP contribution in [-0.2, 0) is 0 Å². The molecular formula is C12H22N4. The second kappa shape index (κ2) is 4.53. The summed E-state index contributed by atoms with van der Waals surface area (Å²) in [6, 6.07) is 0.500. The van der Waals surface area contributed by atoms with Crippen molar-refractivity contribution in [1.82, 2.24) is 15.0 Å². The smallest absolute Gasteiger partial charge is 0.0991 e. The molecule has 1 aliphatic rings. The highest BCUT2D eigenvalue weighted by molar-refractivity contribution is 4.99. The summed E-state index contributed by atoms with van der Waals surface area (Å²) in [5, 5.41) is 8.33. The summed E-state index contributed by atoms with van der Waals surface area (Å²) in [6.07, 6.45) is 5.73. The van der Waals surface area contributed by atoms with Gasteiger partial charge in [0.2, 0.25) is 0 Å². The molecule has 0 amide bonds. The van der Waals surface area contributed by atoms with Gasteiger partial charge in [-0.3, -0.25) is 0 Å². The number of rotatable bonds is 2. The van der Waals surface area contributed by atoms with Crippen LogP contribution in [-0.4, -0.2) is 15.0 Å². The van der Waals surface area contributed by atoms with Crippen LogP contribution in [0.25, 0.3) is 0 Å². The Morgan fingerprint density at radius 3 is 2.69 bits per heavy atom. The molecule has 4 atom stereocenters. The van der Waals surface area contributed by atoms with E-state index in [0.717, 1.165) is 17.5 Å². The lowest BCUT2D eigenvalue weighted by molar-refractivity contribution is 0.199. The normalized spacial score (nSPS) is 32.6. The zero-order valence-electron chi connectivity index (χ0n) is 10.4. The monoisotopic (exact) mass is 222 g/mol. The minimum atomic E-state index is -0.0197. The average Bonchev–Trinajstić information content (AvgIpc) is 2.71. The predicted molar refractivity (Wildman–Crippen MR) is 63.8 cm³/mol. The van der Waals surface area contributed by atoms with Crippen molar-refractivity contribution in [2.75, 3.05) is 0 Å². The van der Waals surface area contributed by atoms with E-state index in [1.807, 2.05) is 17.8 Å². The third kappa shape index (κ3) is 2.26. The van der Waals surface area contributed by atoms with Crippen molar-refractivity contribution in [1.29, 1.82) is 0 Å². The largest absolute Gasteiger partial charge is 0.323 e. The van der Waals surface area contributed by atoms with Crippen LogP contribution in [0.5, 0.6) is 0 Å². The molecule has 0 bridgehead atoms. The third-order valence-electron chi connectivity index (χ3n) is 3.94. The second-order valence-electron chi connectivity index (χ2n) is 5.33. The van der Waals surface area contributed by atoms with Crippen LogP contribution in [0.15, 0.2) is 6.20 Å². The predicted octanol–water partition coefficient (Wildman–Crippen LogP) is 2.29. The first kappa shape index (κ1) is 11.6. The van der Waals surface area contributed by atoms with Crippen LogP contribution in [0.4, 0.5) is 0 Å². The van der Waals surface area contributed by atoms with Crippen molar-refractivity contribution in [2.45, 2.75) is 52.1 Å². The minimum Gasteiger partial charge on any atom is -0.323 e. The Balaban J connectivity index is 2.07. The molecule has 0 saturated heterocycles. The van der Waals surface area contributed by atoms with Crippen molar-refractivity contribution in [3.63, 3.8) is 0 Å². The van der Waals surface area contributed by atoms with E-state index >= 15 is 0 Å². The van der Waals surface area contributed by atoms with Crippen molar-refractivity contribution >= 4 is 0 Å². The zero-order chi connectivity index (χ0) is 11.7. The van der Waals surface area contributed by atoms with Gasteiger partial charge in [0.05, 0.1) is 17.9 Å². The fourth-order valence-electron chi connectivity index (χ4n) is 2.44. The second-order valence-corrected chi connectivity index (χ2v) is 5.33. The molecule has 2 rings (SSSR count). The van der Waals surface area contributed by atoms with E-state index in [9.17, 15) is 0 Å². The van der Waals surface area contributed by atoms with Gasteiger partial charge in [-0.15, -0.1) is 5.10 Å². The van der Waals surface area contributed by atoms with Gasteiger partial charge in [-0.05, 0) is 38.0 Å². The number of hydrogen-bond acceptors (Lipinski definition) is 3. The molecule has 1 aliphatic carbocycles. The van der Waals surface area contributed by atoms with E-state index in [4.69, 9.17) is 5.73 Å². The van der Waals surface area contributed by atoms with Crippen molar-refractivity contribution < 1.29 is 0 Å². The fraction of sp³-hybridized carbons (Fsp3) is 0.833. The van der Waals surface area contributed by atoms with E-state index in [1.165, 1.54) is 19.3 Å². The van der Waals surface area contributed by atoms with Crippen LogP contribution < -0.4 is 5.73 Å². The maximum atomic E-state index is 5.79. The molecule has 90 valence electrons. The van der Waals surface area contributed by atoms with E-state index in [1.54, 1.807) is 0 Å². The highest BCUT2D eigenvalue weighted by Gasteiger charge is 2.26. The van der Waals surface area contributed by atoms with Gasteiger partial charge in [0.1, 0.15) is 0 Å². The molecule has 1 heterocycles. The Morgan fingerprint density at radius 2 is 2.12 bits per heavy atom. The van der Waals surface area contributed by atoms with Crippen molar-refractivity contribution in [2.24, 2.45) is 17.6 Å². The highest BCUT2D eigenvalue weighted by Crippen LogP contribution is 2.35. The van der Waals surface area contributed by atoms with Crippen LogP contribution in [0.1, 0.15) is 57.8 Å². The molecule has 0 aromatic carbocycles. The molecule has 1 saturated carbocycles. The Kier molecular flexibility index (Phi) is 3.28. The van der Waals surface area contributed by atoms with E-state index in [0.29, 0.717) is 6.04 Å². The van der Waals surface area contributed by atoms with Crippen LogP contribution in [0.3, 0.4) is 0 Å². The zero-order valence-corrected chi connectivity index (χ0v) is 10.4. The van der Waals surface area contributed by atoms with Gasteiger partial charge >= 0.3 is 0 Å². The molecule has 16 heavy (non-hydrogen) atoms. The van der Waals surface area contributed by atoms with Crippen molar-refractivity contribution in [3.05, 3.63) is 11.9 Å². The number of nitrogens with zero attached hydrogens (tertiary/aromatic N) is 3. The lowest BCUT2D eigenvalue weighted by Crippen LogP contribution is -2.23. The Morgan fingerprint density at radius 1 is 1.38 bits per heavy atom. The minimum absolute atomic E-state index is 0.0197. The Hall–Kier alpha value is -0.900. The summed E-state index contributed by atoms with van der Waals surface area (Å²) in [6.45, 7) is 6.62. The average molecular weight is 222 g/mol. The van der Waals surface area contributed by atoms with Crippen LogP contribution in [0, 0.1) is 11.8 Å². The van der Waals surface area contributed by atoms with Gasteiger partial charge in [0, 0.05) is 6.04 Å². The maximum absolute atomic E-state index is 5.79. The quantitative estimate of drug-likeness (QED) is 0.835. The van der Waals surface area contributed by atoms with Crippen molar-refractivity contribution in [3.8, 4) is 0 Å². The third-order valence-corrected chi connectivity index (χ3v) is 3.94. The number of nitrogens with two attached hydrogens (primary N) is 1. The number of aromatic nitrogens is 3. The maximum Gasteiger partial charge on any atom is 0.0991 e. The first-order valence-corrected chi connectivity index (χ1v) is 6.25. The molecule has 1 fully saturated rings. The van der Waals surface area contributed by atoms with Gasteiger partial charge in [-0.25, -0.2) is 4.68 Å². The topological polar surface area (TPSA) is 56.7 Å². The lowest BCUT2D eigenvalue weighted by Gasteiger charge is -2.31. The summed E-state index contributed by atoms with van der Waals surface area (Å²) in [4.78, 5) is 0. The summed E-state index contributed by atoms with van der Waals surface area (Å²) < 4.78 is 2.01. The molecule has 4 unspecified atom stereocenters. The lowest BCUT2D eigenvalue weighted by atomic mass is 9.79. The molecule has 2 N–H and O–H groups in total. The Bertz CT molecular complexity index is 345. The molecule has 1 aromatic heterocycles. The van der Waals surface area contributed by atoms with Gasteiger partial charge in [-0.1, -0.05) is 19.1 Å². The van der Waals surface area contributed by atoms with E-state index < -0.39 is 0 Å². The first-order valence-electron chi connectivity index (χ1n) is 6.25. The summed E-state index contributed by atoms with van der Waals surface area (Å²) in [7, 11) is 0. The molecule has 4 nitrogen and oxygen atoms in total. The fourth-order valence-corrected chi connectivity index (χ4v) is 2.44. The van der Waals surface area contributed by atoms with Gasteiger partial charge < -0.3 is 5.73 Å². The first-order chi connectivity index (χ1) is 7.58. The van der Waals surface area contributed by atoms with Gasteiger partial charge in [-0.2, -0.15) is 0 Å². The van der Waals surface area contributed by atoms with Gasteiger partial charge in [0.15, 0.2) is 0 Å². The van der Waals surface area contributed by atoms with E-state index in [2.05, 4.69) is 24.2 Å². The SMILES string of the molecule is CC(N)c1cn(C2CCC(C)C(C)C2)nn1. The Labute approximate surface area is 97.2 Å².